The second kappa shape index (κ2) is 7.21. The number of aliphatic carboxylic acids is 1. The van der Waals surface area contributed by atoms with Gasteiger partial charge in [-0.05, 0) is 12.8 Å². The molecule has 2 rings (SSSR count). The number of hydrogen-bond donors (Lipinski definition) is 2. The maximum absolute atomic E-state index is 12.9. The fraction of sp³-hybridized carbons (Fsp3) is 0.500. The summed E-state index contributed by atoms with van der Waals surface area (Å²) in [5, 5.41) is 7.12. The number of hydrogen-bond acceptors (Lipinski definition) is 4. The molecule has 0 radical (unpaired) electrons. The number of halogens is 4. The van der Waals surface area contributed by atoms with E-state index in [0.717, 1.165) is 31.6 Å². The number of piperidine rings is 1. The average molecular weight is 309 g/mol. The number of aromatic nitrogens is 1. The first-order valence-electron chi connectivity index (χ1n) is 6.11. The van der Waals surface area contributed by atoms with Crippen LogP contribution in [0.2, 0.25) is 0 Å². The van der Waals surface area contributed by atoms with Crippen molar-refractivity contribution in [3.05, 3.63) is 24.3 Å². The van der Waals surface area contributed by atoms with Crippen molar-refractivity contribution >= 4 is 11.7 Å². The van der Waals surface area contributed by atoms with Crippen molar-refractivity contribution in [2.24, 2.45) is 5.73 Å². The first-order chi connectivity index (χ1) is 9.70. The summed E-state index contributed by atoms with van der Waals surface area (Å²) in [6.07, 6.45) is -0.0641. The lowest BCUT2D eigenvalue weighted by Crippen LogP contribution is -2.42. The molecule has 9 heteroatoms. The smallest absolute Gasteiger partial charge is 0.475 e. The molecule has 1 aromatic rings. The molecule has 5 nitrogen and oxygen atoms in total. The van der Waals surface area contributed by atoms with Crippen LogP contribution in [0.25, 0.3) is 0 Å². The number of pyridine rings is 1. The summed E-state index contributed by atoms with van der Waals surface area (Å²) in [4.78, 5) is 14.8. The van der Waals surface area contributed by atoms with Crippen LogP contribution >= 0.6 is 0 Å². The molecule has 0 spiro atoms. The Hall–Kier alpha value is -1.90. The van der Waals surface area contributed by atoms with Gasteiger partial charge in [-0.2, -0.15) is 13.2 Å². The van der Waals surface area contributed by atoms with Crippen LogP contribution in [0.1, 0.15) is 12.8 Å². The molecule has 0 unspecified atom stereocenters. The minimum absolute atomic E-state index is 0.201. The minimum atomic E-state index is -5.08. The molecule has 1 saturated heterocycles. The first kappa shape index (κ1) is 17.2. The second-order valence-electron chi connectivity index (χ2n) is 4.51. The fourth-order valence-corrected chi connectivity index (χ4v) is 1.82. The summed E-state index contributed by atoms with van der Waals surface area (Å²) in [6, 6.07) is 1.71. The van der Waals surface area contributed by atoms with Gasteiger partial charge in [0.25, 0.3) is 0 Å². The Morgan fingerprint density at radius 1 is 1.43 bits per heavy atom. The van der Waals surface area contributed by atoms with Crippen LogP contribution in [0.15, 0.2) is 18.5 Å². The Morgan fingerprint density at radius 2 is 2.05 bits per heavy atom. The highest BCUT2D eigenvalue weighted by atomic mass is 19.4. The average Bonchev–Trinajstić information content (AvgIpc) is 2.38. The van der Waals surface area contributed by atoms with Crippen molar-refractivity contribution < 1.29 is 27.5 Å². The van der Waals surface area contributed by atoms with Gasteiger partial charge in [-0.3, -0.25) is 4.98 Å². The predicted molar refractivity (Wildman–Crippen MR) is 67.3 cm³/mol. The molecular weight excluding hydrogens is 294 g/mol. The highest BCUT2D eigenvalue weighted by Crippen LogP contribution is 2.18. The van der Waals surface area contributed by atoms with Gasteiger partial charge in [-0.15, -0.1) is 0 Å². The number of rotatable bonds is 1. The van der Waals surface area contributed by atoms with E-state index in [1.165, 1.54) is 12.3 Å². The summed E-state index contributed by atoms with van der Waals surface area (Å²) >= 11 is 0. The largest absolute Gasteiger partial charge is 0.490 e. The molecule has 1 aliphatic heterocycles. The summed E-state index contributed by atoms with van der Waals surface area (Å²) < 4.78 is 44.6. The van der Waals surface area contributed by atoms with Gasteiger partial charge in [0.2, 0.25) is 0 Å². The van der Waals surface area contributed by atoms with Gasteiger partial charge in [0.05, 0.1) is 18.1 Å². The van der Waals surface area contributed by atoms with Crippen LogP contribution in [-0.4, -0.2) is 41.4 Å². The Labute approximate surface area is 118 Å². The van der Waals surface area contributed by atoms with E-state index in [0.29, 0.717) is 0 Å². The van der Waals surface area contributed by atoms with Crippen LogP contribution in [0.3, 0.4) is 0 Å². The highest BCUT2D eigenvalue weighted by molar-refractivity contribution is 5.73. The molecule has 0 saturated carbocycles. The third-order valence-electron chi connectivity index (χ3n) is 2.76. The fourth-order valence-electron chi connectivity index (χ4n) is 1.82. The maximum Gasteiger partial charge on any atom is 0.490 e. The Balaban J connectivity index is 0.000000270. The Bertz CT molecular complexity index is 482. The monoisotopic (exact) mass is 309 g/mol. The molecule has 1 aromatic heterocycles. The van der Waals surface area contributed by atoms with Gasteiger partial charge in [-0.25, -0.2) is 9.18 Å². The molecule has 0 bridgehead atoms. The minimum Gasteiger partial charge on any atom is -0.475 e. The van der Waals surface area contributed by atoms with Gasteiger partial charge in [0.1, 0.15) is 5.82 Å². The topological polar surface area (TPSA) is 79.5 Å². The van der Waals surface area contributed by atoms with Gasteiger partial charge in [0, 0.05) is 25.2 Å². The number of carboxylic acids is 1. The van der Waals surface area contributed by atoms with Crippen molar-refractivity contribution in [3.63, 3.8) is 0 Å². The van der Waals surface area contributed by atoms with E-state index in [-0.39, 0.29) is 11.9 Å². The number of carbonyl (C=O) groups is 1. The van der Waals surface area contributed by atoms with E-state index < -0.39 is 12.1 Å². The quantitative estimate of drug-likeness (QED) is 0.773. The van der Waals surface area contributed by atoms with Gasteiger partial charge in [-0.1, -0.05) is 0 Å². The van der Waals surface area contributed by atoms with Gasteiger partial charge < -0.3 is 15.7 Å². The molecule has 118 valence electrons. The lowest BCUT2D eigenvalue weighted by Gasteiger charge is -2.32. The van der Waals surface area contributed by atoms with Crippen LogP contribution in [0, 0.1) is 5.82 Å². The van der Waals surface area contributed by atoms with E-state index in [1.54, 1.807) is 6.20 Å². The molecular formula is C12H15F4N3O2. The van der Waals surface area contributed by atoms with E-state index >= 15 is 0 Å². The molecule has 2 heterocycles. The van der Waals surface area contributed by atoms with Crippen molar-refractivity contribution in [2.45, 2.75) is 25.1 Å². The standard InChI is InChI=1S/C10H14FN3.C2HF3O2/c11-8-4-10(6-13-5-8)14-3-1-2-9(12)7-14;3-2(4,5)1(6)7/h4-6,9H,1-3,7,12H2;(H,6,7)/t9-;/m0./s1. The zero-order chi connectivity index (χ0) is 16.0. The lowest BCUT2D eigenvalue weighted by molar-refractivity contribution is -0.192. The summed E-state index contributed by atoms with van der Waals surface area (Å²) in [6.45, 7) is 1.74. The van der Waals surface area contributed by atoms with Crippen molar-refractivity contribution in [2.75, 3.05) is 18.0 Å². The van der Waals surface area contributed by atoms with Crippen molar-refractivity contribution in [3.8, 4) is 0 Å². The molecule has 1 atom stereocenters. The molecule has 0 aliphatic carbocycles. The number of carboxylic acid groups (broad SMARTS) is 1. The maximum atomic E-state index is 12.9. The van der Waals surface area contributed by atoms with Crippen molar-refractivity contribution in [1.29, 1.82) is 0 Å². The second-order valence-corrected chi connectivity index (χ2v) is 4.51. The zero-order valence-electron chi connectivity index (χ0n) is 11.0. The van der Waals surface area contributed by atoms with Crippen LogP contribution < -0.4 is 10.6 Å². The predicted octanol–water partition coefficient (Wildman–Crippen LogP) is 1.78. The van der Waals surface area contributed by atoms with Crippen LogP contribution in [-0.2, 0) is 4.79 Å². The van der Waals surface area contributed by atoms with E-state index in [9.17, 15) is 17.6 Å². The van der Waals surface area contributed by atoms with E-state index in [2.05, 4.69) is 9.88 Å². The van der Waals surface area contributed by atoms with Crippen LogP contribution in [0.5, 0.6) is 0 Å². The van der Waals surface area contributed by atoms with Crippen molar-refractivity contribution in [1.82, 2.24) is 4.98 Å². The molecule has 1 aliphatic rings. The third kappa shape index (κ3) is 5.94. The van der Waals surface area contributed by atoms with Crippen LogP contribution in [0.4, 0.5) is 23.2 Å². The number of anilines is 1. The summed E-state index contributed by atoms with van der Waals surface area (Å²) in [5.74, 6) is -3.05. The first-order valence-corrected chi connectivity index (χ1v) is 6.11. The SMILES string of the molecule is N[C@H]1CCCN(c2cncc(F)c2)C1.O=C(O)C(F)(F)F. The Kier molecular flexibility index (Phi) is 5.89. The van der Waals surface area contributed by atoms with E-state index in [4.69, 9.17) is 15.6 Å². The molecule has 3 N–H and O–H groups in total. The number of nitrogens with two attached hydrogens (primary N) is 1. The van der Waals surface area contributed by atoms with Gasteiger partial charge in [0.15, 0.2) is 0 Å². The normalized spacial score (nSPS) is 18.7. The lowest BCUT2D eigenvalue weighted by atomic mass is 10.1. The van der Waals surface area contributed by atoms with Gasteiger partial charge >= 0.3 is 12.1 Å². The molecule has 21 heavy (non-hydrogen) atoms. The Morgan fingerprint density at radius 3 is 2.52 bits per heavy atom. The molecule has 0 aromatic carbocycles. The van der Waals surface area contributed by atoms with E-state index in [1.807, 2.05) is 0 Å². The zero-order valence-corrected chi connectivity index (χ0v) is 11.0. The third-order valence-corrected chi connectivity index (χ3v) is 2.76. The highest BCUT2D eigenvalue weighted by Gasteiger charge is 2.38. The summed E-state index contributed by atoms with van der Waals surface area (Å²) in [5.41, 5.74) is 6.68. The molecule has 0 amide bonds. The molecule has 1 fully saturated rings. The number of nitrogens with zero attached hydrogens (tertiary/aromatic N) is 2. The summed E-state index contributed by atoms with van der Waals surface area (Å²) in [7, 11) is 0. The number of alkyl halides is 3.